The molecule has 2 radical (unpaired) electrons. The van der Waals surface area contributed by atoms with Crippen molar-refractivity contribution in [2.24, 2.45) is 0 Å². The van der Waals surface area contributed by atoms with Crippen LogP contribution in [0.3, 0.4) is 0 Å². The molecule has 1 rings (SSSR count). The van der Waals surface area contributed by atoms with Gasteiger partial charge in [0, 0.05) is 0 Å². The molecule has 0 aliphatic carbocycles. The summed E-state index contributed by atoms with van der Waals surface area (Å²) in [5.74, 6) is -0.197. The fraction of sp³-hybridized carbons (Fsp3) is 0.500. The molecule has 0 saturated heterocycles. The predicted octanol–water partition coefficient (Wildman–Crippen LogP) is 2.08. The summed E-state index contributed by atoms with van der Waals surface area (Å²) in [6.07, 6.45) is 0. The molecule has 0 aliphatic heterocycles. The molecule has 0 fully saturated rings. The van der Waals surface area contributed by atoms with Crippen molar-refractivity contribution in [1.29, 1.82) is 0 Å². The molecule has 70 valence electrons. The molecular weight excluding hydrogens is 272 g/mol. The number of pyridine rings is 1. The number of aryl methyl sites for hydroxylation is 1. The molecule has 3 heteroatoms. The van der Waals surface area contributed by atoms with Gasteiger partial charge in [-0.1, -0.05) is 0 Å². The molecule has 0 unspecified atom stereocenters. The Kier molecular flexibility index (Phi) is 3.32. The molecule has 0 saturated carbocycles. The summed E-state index contributed by atoms with van der Waals surface area (Å²) in [4.78, 5) is 4.26. The third kappa shape index (κ3) is 3.63. The summed E-state index contributed by atoms with van der Waals surface area (Å²) in [6, 6.07) is 3.37. The van der Waals surface area contributed by atoms with Gasteiger partial charge in [-0.15, -0.1) is 0 Å². The number of hydrogen-bond acceptors (Lipinski definition) is 1. The minimum absolute atomic E-state index is 0.197. The quantitative estimate of drug-likeness (QED) is 0.720. The molecule has 0 atom stereocenters. The first-order chi connectivity index (χ1) is 5.88. The van der Waals surface area contributed by atoms with E-state index >= 15 is 0 Å². The molecule has 0 amide bonds. The van der Waals surface area contributed by atoms with Gasteiger partial charge >= 0.3 is 89.0 Å². The SMILES string of the molecule is Cc1n[c]([Sn][C](C)(C)C)ccc1F. The zero-order chi connectivity index (χ0) is 10.1. The Hall–Kier alpha value is -0.121. The van der Waals surface area contributed by atoms with Crippen molar-refractivity contribution in [3.63, 3.8) is 0 Å². The first-order valence-corrected chi connectivity index (χ1v) is 7.15. The van der Waals surface area contributed by atoms with Crippen LogP contribution in [0, 0.1) is 12.7 Å². The van der Waals surface area contributed by atoms with Gasteiger partial charge in [0.2, 0.25) is 0 Å². The van der Waals surface area contributed by atoms with Gasteiger partial charge in [-0.05, 0) is 0 Å². The zero-order valence-electron chi connectivity index (χ0n) is 8.48. The predicted molar refractivity (Wildman–Crippen MR) is 54.0 cm³/mol. The van der Waals surface area contributed by atoms with Crippen molar-refractivity contribution in [1.82, 2.24) is 4.98 Å². The third-order valence-electron chi connectivity index (χ3n) is 1.52. The van der Waals surface area contributed by atoms with Crippen LogP contribution in [0.25, 0.3) is 0 Å². The summed E-state index contributed by atoms with van der Waals surface area (Å²) in [7, 11) is 0. The first kappa shape index (κ1) is 11.0. The number of aromatic nitrogens is 1. The average Bonchev–Trinajstić information content (AvgIpc) is 1.94. The molecule has 1 aromatic rings. The topological polar surface area (TPSA) is 12.9 Å². The second-order valence-electron chi connectivity index (χ2n) is 4.14. The Morgan fingerprint density at radius 3 is 2.38 bits per heavy atom. The fourth-order valence-electron chi connectivity index (χ4n) is 0.998. The van der Waals surface area contributed by atoms with E-state index in [0.29, 0.717) is 9.12 Å². The van der Waals surface area contributed by atoms with Gasteiger partial charge in [0.05, 0.1) is 0 Å². The second-order valence-corrected chi connectivity index (χ2v) is 10.6. The summed E-state index contributed by atoms with van der Waals surface area (Å²) in [6.45, 7) is 8.39. The van der Waals surface area contributed by atoms with E-state index < -0.39 is 21.1 Å². The molecule has 0 aliphatic rings. The van der Waals surface area contributed by atoms with E-state index in [9.17, 15) is 4.39 Å². The van der Waals surface area contributed by atoms with Crippen LogP contribution in [-0.4, -0.2) is 26.1 Å². The summed E-state index contributed by atoms with van der Waals surface area (Å²) in [5, 5.41) is 0. The Morgan fingerprint density at radius 1 is 1.31 bits per heavy atom. The standard InChI is InChI=1S/C6H5FN.C4H9.Sn/c1-5-6(7)3-2-4-8-5;1-4(2)3;/h2-3H,1H3;1-3H3;. The molecule has 0 spiro atoms. The molecule has 0 bridgehead atoms. The Labute approximate surface area is 89.0 Å². The van der Waals surface area contributed by atoms with Crippen LogP contribution >= 0.6 is 0 Å². The third-order valence-corrected chi connectivity index (χ3v) is 5.19. The van der Waals surface area contributed by atoms with Crippen molar-refractivity contribution in [3.8, 4) is 0 Å². The van der Waals surface area contributed by atoms with Crippen LogP contribution < -0.4 is 3.71 Å². The van der Waals surface area contributed by atoms with E-state index in [2.05, 4.69) is 25.8 Å². The number of halogens is 1. The van der Waals surface area contributed by atoms with Crippen LogP contribution in [-0.2, 0) is 0 Å². The molecule has 1 heterocycles. The van der Waals surface area contributed by atoms with Gasteiger partial charge < -0.3 is 0 Å². The van der Waals surface area contributed by atoms with Gasteiger partial charge in [-0.3, -0.25) is 0 Å². The second kappa shape index (κ2) is 3.94. The van der Waals surface area contributed by atoms with Crippen molar-refractivity contribution >= 4 is 24.9 Å². The van der Waals surface area contributed by atoms with Crippen LogP contribution in [0.2, 0.25) is 3.43 Å². The van der Waals surface area contributed by atoms with Crippen molar-refractivity contribution in [2.75, 3.05) is 0 Å². The van der Waals surface area contributed by atoms with Crippen molar-refractivity contribution in [3.05, 3.63) is 23.6 Å². The van der Waals surface area contributed by atoms with Crippen LogP contribution in [0.5, 0.6) is 0 Å². The normalized spacial score (nSPS) is 11.8. The van der Waals surface area contributed by atoms with Gasteiger partial charge in [0.25, 0.3) is 0 Å². The molecule has 0 N–H and O–H groups in total. The summed E-state index contributed by atoms with van der Waals surface area (Å²) >= 11 is -0.673. The number of rotatable bonds is 1. The van der Waals surface area contributed by atoms with E-state index in [1.807, 2.05) is 6.07 Å². The van der Waals surface area contributed by atoms with E-state index in [-0.39, 0.29) is 5.82 Å². The monoisotopic (exact) mass is 287 g/mol. The first-order valence-electron chi connectivity index (χ1n) is 4.30. The Morgan fingerprint density at radius 2 is 1.92 bits per heavy atom. The summed E-state index contributed by atoms with van der Waals surface area (Å²) < 4.78 is 14.4. The van der Waals surface area contributed by atoms with Gasteiger partial charge in [0.15, 0.2) is 0 Å². The van der Waals surface area contributed by atoms with E-state index in [4.69, 9.17) is 0 Å². The van der Waals surface area contributed by atoms with E-state index in [1.54, 1.807) is 6.92 Å². The maximum atomic E-state index is 12.9. The molecule has 0 aromatic carbocycles. The molecule has 13 heavy (non-hydrogen) atoms. The van der Waals surface area contributed by atoms with E-state index in [1.165, 1.54) is 6.07 Å². The number of hydrogen-bond donors (Lipinski definition) is 0. The van der Waals surface area contributed by atoms with Crippen molar-refractivity contribution in [2.45, 2.75) is 31.1 Å². The van der Waals surface area contributed by atoms with Gasteiger partial charge in [0.1, 0.15) is 0 Å². The van der Waals surface area contributed by atoms with Crippen LogP contribution in [0.1, 0.15) is 26.5 Å². The summed E-state index contributed by atoms with van der Waals surface area (Å²) in [5.41, 5.74) is 0.530. The van der Waals surface area contributed by atoms with E-state index in [0.717, 1.165) is 3.71 Å². The van der Waals surface area contributed by atoms with Crippen molar-refractivity contribution < 1.29 is 4.39 Å². The van der Waals surface area contributed by atoms with Gasteiger partial charge in [-0.2, -0.15) is 0 Å². The van der Waals surface area contributed by atoms with Crippen LogP contribution in [0.4, 0.5) is 4.39 Å². The van der Waals surface area contributed by atoms with Gasteiger partial charge in [-0.25, -0.2) is 0 Å². The zero-order valence-corrected chi connectivity index (χ0v) is 11.3. The minimum atomic E-state index is -0.673. The molecule has 1 aromatic heterocycles. The Balaban J connectivity index is 2.86. The molecular formula is C10H14FNSn. The van der Waals surface area contributed by atoms with Crippen LogP contribution in [0.15, 0.2) is 12.1 Å². The average molecular weight is 286 g/mol. The maximum absolute atomic E-state index is 12.9. The fourth-order valence-corrected chi connectivity index (χ4v) is 4.30. The Bertz CT molecular complexity index is 304. The number of nitrogens with zero attached hydrogens (tertiary/aromatic N) is 1. The molecule has 1 nitrogen and oxygen atoms in total.